The lowest BCUT2D eigenvalue weighted by atomic mass is 10.2. The van der Waals surface area contributed by atoms with Gasteiger partial charge in [0.1, 0.15) is 0 Å². The number of carbonyl (C=O) groups is 2. The SMILES string of the molecule is C=CCNS(=O)(=O)c1ccc(C(=O)OCC(=O)Nc2cccc(Cl)c2)cc1. The van der Waals surface area contributed by atoms with Gasteiger partial charge in [0.05, 0.1) is 10.5 Å². The second kappa shape index (κ2) is 9.31. The third-order valence-corrected chi connectivity index (χ3v) is 4.94. The molecular weight excluding hydrogens is 392 g/mol. The van der Waals surface area contributed by atoms with E-state index in [0.29, 0.717) is 10.7 Å². The minimum Gasteiger partial charge on any atom is -0.452 e. The van der Waals surface area contributed by atoms with Gasteiger partial charge in [-0.15, -0.1) is 6.58 Å². The van der Waals surface area contributed by atoms with Crippen LogP contribution in [0, 0.1) is 0 Å². The minimum atomic E-state index is -3.68. The molecule has 9 heteroatoms. The Morgan fingerprint density at radius 2 is 1.85 bits per heavy atom. The molecule has 142 valence electrons. The topological polar surface area (TPSA) is 102 Å². The molecule has 0 aromatic heterocycles. The quantitative estimate of drug-likeness (QED) is 0.516. The van der Waals surface area contributed by atoms with Crippen LogP contribution in [0.1, 0.15) is 10.4 Å². The maximum Gasteiger partial charge on any atom is 0.338 e. The van der Waals surface area contributed by atoms with Gasteiger partial charge in [0.2, 0.25) is 10.0 Å². The number of ether oxygens (including phenoxy) is 1. The van der Waals surface area contributed by atoms with Gasteiger partial charge >= 0.3 is 5.97 Å². The van der Waals surface area contributed by atoms with Gasteiger partial charge < -0.3 is 10.1 Å². The van der Waals surface area contributed by atoms with Crippen molar-refractivity contribution in [3.8, 4) is 0 Å². The summed E-state index contributed by atoms with van der Waals surface area (Å²) in [6.45, 7) is 3.03. The van der Waals surface area contributed by atoms with Gasteiger partial charge in [0, 0.05) is 17.3 Å². The predicted molar refractivity (Wildman–Crippen MR) is 102 cm³/mol. The van der Waals surface area contributed by atoms with E-state index in [2.05, 4.69) is 16.6 Å². The summed E-state index contributed by atoms with van der Waals surface area (Å²) in [5, 5.41) is 3.00. The Morgan fingerprint density at radius 1 is 1.15 bits per heavy atom. The smallest absolute Gasteiger partial charge is 0.338 e. The summed E-state index contributed by atoms with van der Waals surface area (Å²) in [4.78, 5) is 23.8. The zero-order valence-corrected chi connectivity index (χ0v) is 15.7. The van der Waals surface area contributed by atoms with Gasteiger partial charge in [-0.05, 0) is 42.5 Å². The lowest BCUT2D eigenvalue weighted by molar-refractivity contribution is -0.119. The maximum absolute atomic E-state index is 12.0. The molecule has 2 N–H and O–H groups in total. The normalized spacial score (nSPS) is 10.9. The van der Waals surface area contributed by atoms with E-state index in [1.807, 2.05) is 0 Å². The molecule has 0 heterocycles. The number of hydrogen-bond acceptors (Lipinski definition) is 5. The highest BCUT2D eigenvalue weighted by Crippen LogP contribution is 2.15. The van der Waals surface area contributed by atoms with Crippen molar-refractivity contribution in [3.05, 3.63) is 71.8 Å². The molecule has 0 aliphatic carbocycles. The van der Waals surface area contributed by atoms with Gasteiger partial charge in [0.25, 0.3) is 5.91 Å². The molecule has 0 saturated heterocycles. The molecule has 0 aliphatic heterocycles. The number of benzene rings is 2. The summed E-state index contributed by atoms with van der Waals surface area (Å²) < 4.78 is 31.1. The molecule has 7 nitrogen and oxygen atoms in total. The number of rotatable bonds is 8. The molecule has 0 unspecified atom stereocenters. The number of sulfonamides is 1. The lowest BCUT2D eigenvalue weighted by Gasteiger charge is -2.08. The predicted octanol–water partition coefficient (Wildman–Crippen LogP) is 2.60. The zero-order chi connectivity index (χ0) is 19.9. The van der Waals surface area contributed by atoms with Crippen LogP contribution >= 0.6 is 11.6 Å². The summed E-state index contributed by atoms with van der Waals surface area (Å²) in [5.41, 5.74) is 0.596. The van der Waals surface area contributed by atoms with Crippen molar-refractivity contribution in [2.45, 2.75) is 4.90 Å². The molecular formula is C18H17ClN2O5S. The van der Waals surface area contributed by atoms with Gasteiger partial charge in [-0.25, -0.2) is 17.9 Å². The van der Waals surface area contributed by atoms with Crippen LogP contribution in [0.2, 0.25) is 5.02 Å². The average Bonchev–Trinajstić information content (AvgIpc) is 2.64. The third kappa shape index (κ3) is 6.21. The van der Waals surface area contributed by atoms with Crippen molar-refractivity contribution in [3.63, 3.8) is 0 Å². The minimum absolute atomic E-state index is 0.000371. The van der Waals surface area contributed by atoms with Gasteiger partial charge in [-0.3, -0.25) is 4.79 Å². The van der Waals surface area contributed by atoms with Crippen LogP contribution in [0.5, 0.6) is 0 Å². The van der Waals surface area contributed by atoms with Crippen LogP contribution in [0.25, 0.3) is 0 Å². The number of nitrogens with one attached hydrogen (secondary N) is 2. The first-order chi connectivity index (χ1) is 12.8. The first-order valence-corrected chi connectivity index (χ1v) is 9.61. The molecule has 27 heavy (non-hydrogen) atoms. The fourth-order valence-electron chi connectivity index (χ4n) is 2.00. The number of amides is 1. The summed E-state index contributed by atoms with van der Waals surface area (Å²) in [6, 6.07) is 11.7. The monoisotopic (exact) mass is 408 g/mol. The maximum atomic E-state index is 12.0. The van der Waals surface area contributed by atoms with Crippen LogP contribution in [0.3, 0.4) is 0 Å². The van der Waals surface area contributed by atoms with Crippen molar-refractivity contribution in [2.75, 3.05) is 18.5 Å². The Balaban J connectivity index is 1.92. The summed E-state index contributed by atoms with van der Waals surface area (Å²) in [7, 11) is -3.68. The standard InChI is InChI=1S/C18H17ClN2O5S/c1-2-10-20-27(24,25)16-8-6-13(7-9-16)18(23)26-12-17(22)21-15-5-3-4-14(19)11-15/h2-9,11,20H,1,10,12H2,(H,21,22). The summed E-state index contributed by atoms with van der Waals surface area (Å²) in [5.74, 6) is -1.28. The van der Waals surface area contributed by atoms with Gasteiger partial charge in [0.15, 0.2) is 6.61 Å². The molecule has 0 aliphatic rings. The van der Waals surface area contributed by atoms with E-state index in [-0.39, 0.29) is 17.0 Å². The van der Waals surface area contributed by atoms with E-state index in [4.69, 9.17) is 16.3 Å². The largest absolute Gasteiger partial charge is 0.452 e. The number of esters is 1. The van der Waals surface area contributed by atoms with Crippen molar-refractivity contribution in [1.82, 2.24) is 4.72 Å². The lowest BCUT2D eigenvalue weighted by Crippen LogP contribution is -2.23. The van der Waals surface area contributed by atoms with Gasteiger partial charge in [-0.2, -0.15) is 0 Å². The van der Waals surface area contributed by atoms with Crippen molar-refractivity contribution in [1.29, 1.82) is 0 Å². The van der Waals surface area contributed by atoms with E-state index in [1.165, 1.54) is 30.3 Å². The Bertz CT molecular complexity index is 942. The zero-order valence-electron chi connectivity index (χ0n) is 14.1. The van der Waals surface area contributed by atoms with Crippen LogP contribution in [0.15, 0.2) is 66.1 Å². The molecule has 2 aromatic rings. The van der Waals surface area contributed by atoms with Crippen LogP contribution in [-0.2, 0) is 19.6 Å². The first-order valence-electron chi connectivity index (χ1n) is 7.75. The van der Waals surface area contributed by atoms with Crippen LogP contribution in [-0.4, -0.2) is 33.4 Å². The number of hydrogen-bond donors (Lipinski definition) is 2. The molecule has 0 saturated carbocycles. The summed E-state index contributed by atoms with van der Waals surface area (Å²) in [6.07, 6.45) is 1.41. The van der Waals surface area contributed by atoms with Crippen molar-refractivity contribution in [2.24, 2.45) is 0 Å². The molecule has 0 fully saturated rings. The molecule has 0 bridgehead atoms. The van der Waals surface area contributed by atoms with E-state index < -0.39 is 28.5 Å². The number of carbonyl (C=O) groups excluding carboxylic acids is 2. The second-order valence-corrected chi connectivity index (χ2v) is 7.50. The number of anilines is 1. The molecule has 0 radical (unpaired) electrons. The highest BCUT2D eigenvalue weighted by molar-refractivity contribution is 7.89. The van der Waals surface area contributed by atoms with Crippen molar-refractivity contribution >= 4 is 39.2 Å². The average molecular weight is 409 g/mol. The van der Waals surface area contributed by atoms with E-state index in [1.54, 1.807) is 24.3 Å². The van der Waals surface area contributed by atoms with Crippen LogP contribution < -0.4 is 10.0 Å². The Morgan fingerprint density at radius 3 is 2.48 bits per heavy atom. The fraction of sp³-hybridized carbons (Fsp3) is 0.111. The highest BCUT2D eigenvalue weighted by Gasteiger charge is 2.15. The first kappa shape index (κ1) is 20.6. The molecule has 2 aromatic carbocycles. The molecule has 1 amide bonds. The third-order valence-electron chi connectivity index (χ3n) is 3.26. The second-order valence-electron chi connectivity index (χ2n) is 5.30. The Kier molecular flexibility index (Phi) is 7.12. The fourth-order valence-corrected chi connectivity index (χ4v) is 3.19. The summed E-state index contributed by atoms with van der Waals surface area (Å²) >= 11 is 5.82. The molecule has 0 spiro atoms. The van der Waals surface area contributed by atoms with Crippen molar-refractivity contribution < 1.29 is 22.7 Å². The van der Waals surface area contributed by atoms with Crippen LogP contribution in [0.4, 0.5) is 5.69 Å². The molecule has 0 atom stereocenters. The highest BCUT2D eigenvalue weighted by atomic mass is 35.5. The number of halogens is 1. The Hall–Kier alpha value is -2.68. The molecule has 2 rings (SSSR count). The van der Waals surface area contributed by atoms with E-state index >= 15 is 0 Å². The Labute approximate surface area is 162 Å². The van der Waals surface area contributed by atoms with Gasteiger partial charge in [-0.1, -0.05) is 23.7 Å². The van der Waals surface area contributed by atoms with E-state index in [9.17, 15) is 18.0 Å². The van der Waals surface area contributed by atoms with E-state index in [0.717, 1.165) is 0 Å².